The molecule has 3 rings (SSSR count). The minimum Gasteiger partial charge on any atom is -0.481 e. The molecule has 0 fully saturated rings. The van der Waals surface area contributed by atoms with E-state index in [1.165, 1.54) is 13.3 Å². The highest BCUT2D eigenvalue weighted by Gasteiger charge is 2.57. The van der Waals surface area contributed by atoms with Crippen LogP contribution < -0.4 is 4.74 Å². The molecule has 1 amide bonds. The van der Waals surface area contributed by atoms with Gasteiger partial charge in [0.15, 0.2) is 0 Å². The number of hydrogen-bond donors (Lipinski definition) is 1. The van der Waals surface area contributed by atoms with Gasteiger partial charge in [0, 0.05) is 30.6 Å². The molecule has 2 aromatic heterocycles. The first-order valence-electron chi connectivity index (χ1n) is 8.22. The summed E-state index contributed by atoms with van der Waals surface area (Å²) in [5.41, 5.74) is -1.35. The molecule has 0 spiro atoms. The Morgan fingerprint density at radius 3 is 2.59 bits per heavy atom. The van der Waals surface area contributed by atoms with E-state index >= 15 is 0 Å². The maximum Gasteiger partial charge on any atom is 0.426 e. The second-order valence-electron chi connectivity index (χ2n) is 6.68. The molecule has 0 aromatic carbocycles. The number of halogens is 3. The van der Waals surface area contributed by atoms with Crippen LogP contribution >= 0.6 is 0 Å². The molecule has 1 N–H and O–H groups in total. The zero-order chi connectivity index (χ0) is 20.0. The van der Waals surface area contributed by atoms with Crippen molar-refractivity contribution in [2.45, 2.75) is 38.1 Å². The minimum atomic E-state index is -5.05. The molecule has 0 saturated carbocycles. The molecule has 27 heavy (non-hydrogen) atoms. The summed E-state index contributed by atoms with van der Waals surface area (Å²) in [6, 6.07) is 3.44. The summed E-state index contributed by atoms with van der Waals surface area (Å²) in [5, 5.41) is 14.0. The Morgan fingerprint density at radius 1 is 1.33 bits per heavy atom. The van der Waals surface area contributed by atoms with Gasteiger partial charge < -0.3 is 14.7 Å². The zero-order valence-corrected chi connectivity index (χ0v) is 15.0. The van der Waals surface area contributed by atoms with Gasteiger partial charge in [0.1, 0.15) is 0 Å². The SMILES string of the molecule is COc1ccc(-n2ncc3c2C(C)CN(C(=O)C(C)(O)C(F)(F)F)C3)cn1. The molecule has 3 heterocycles. The van der Waals surface area contributed by atoms with Crippen LogP contribution in [0.2, 0.25) is 0 Å². The lowest BCUT2D eigenvalue weighted by molar-refractivity contribution is -0.250. The Morgan fingerprint density at radius 2 is 2.04 bits per heavy atom. The third-order valence-electron chi connectivity index (χ3n) is 4.64. The van der Waals surface area contributed by atoms with Gasteiger partial charge in [0.2, 0.25) is 11.5 Å². The van der Waals surface area contributed by atoms with E-state index in [0.717, 1.165) is 10.6 Å². The number of amides is 1. The van der Waals surface area contributed by atoms with E-state index in [0.29, 0.717) is 24.1 Å². The quantitative estimate of drug-likeness (QED) is 0.876. The monoisotopic (exact) mass is 384 g/mol. The molecule has 0 radical (unpaired) electrons. The first kappa shape index (κ1) is 19.2. The van der Waals surface area contributed by atoms with Gasteiger partial charge in [0.05, 0.1) is 30.9 Å². The van der Waals surface area contributed by atoms with Crippen molar-refractivity contribution in [2.24, 2.45) is 0 Å². The number of methoxy groups -OCH3 is 1. The van der Waals surface area contributed by atoms with Crippen LogP contribution in [0.15, 0.2) is 24.5 Å². The molecule has 146 valence electrons. The number of aromatic nitrogens is 3. The zero-order valence-electron chi connectivity index (χ0n) is 15.0. The van der Waals surface area contributed by atoms with Crippen LogP contribution in [0.4, 0.5) is 13.2 Å². The number of hydrogen-bond acceptors (Lipinski definition) is 5. The highest BCUT2D eigenvalue weighted by molar-refractivity contribution is 5.85. The summed E-state index contributed by atoms with van der Waals surface area (Å²) in [4.78, 5) is 17.4. The molecule has 2 unspecified atom stereocenters. The van der Waals surface area contributed by atoms with Crippen LogP contribution in [-0.2, 0) is 11.3 Å². The van der Waals surface area contributed by atoms with Crippen LogP contribution in [0, 0.1) is 0 Å². The van der Waals surface area contributed by atoms with Crippen LogP contribution in [-0.4, -0.2) is 56.1 Å². The van der Waals surface area contributed by atoms with Crippen molar-refractivity contribution >= 4 is 5.91 Å². The second kappa shape index (κ2) is 6.52. The van der Waals surface area contributed by atoms with Crippen LogP contribution in [0.3, 0.4) is 0 Å². The number of pyridine rings is 1. The van der Waals surface area contributed by atoms with E-state index in [2.05, 4.69) is 10.1 Å². The molecule has 0 aliphatic carbocycles. The van der Waals surface area contributed by atoms with Crippen molar-refractivity contribution < 1.29 is 27.8 Å². The molecule has 0 bridgehead atoms. The summed E-state index contributed by atoms with van der Waals surface area (Å²) in [6.45, 7) is 2.24. The number of carbonyl (C=O) groups is 1. The first-order valence-corrected chi connectivity index (χ1v) is 8.22. The van der Waals surface area contributed by atoms with Crippen LogP contribution in [0.1, 0.15) is 31.0 Å². The van der Waals surface area contributed by atoms with Crippen molar-refractivity contribution in [3.63, 3.8) is 0 Å². The molecule has 2 atom stereocenters. The normalized spacial score (nSPS) is 19.4. The molecule has 1 aliphatic rings. The van der Waals surface area contributed by atoms with E-state index in [1.54, 1.807) is 29.9 Å². The van der Waals surface area contributed by atoms with Crippen molar-refractivity contribution in [3.05, 3.63) is 35.8 Å². The molecule has 0 saturated heterocycles. The lowest BCUT2D eigenvalue weighted by atomic mass is 9.95. The molecular formula is C17H19F3N4O3. The smallest absolute Gasteiger partial charge is 0.426 e. The third-order valence-corrected chi connectivity index (χ3v) is 4.64. The van der Waals surface area contributed by atoms with Gasteiger partial charge in [-0.1, -0.05) is 6.92 Å². The number of ether oxygens (including phenoxy) is 1. The highest BCUT2D eigenvalue weighted by atomic mass is 19.4. The summed E-state index contributed by atoms with van der Waals surface area (Å²) >= 11 is 0. The van der Waals surface area contributed by atoms with Crippen molar-refractivity contribution in [2.75, 3.05) is 13.7 Å². The lowest BCUT2D eigenvalue weighted by Gasteiger charge is -2.36. The van der Waals surface area contributed by atoms with Gasteiger partial charge in [-0.2, -0.15) is 18.3 Å². The topological polar surface area (TPSA) is 80.5 Å². The number of rotatable bonds is 3. The van der Waals surface area contributed by atoms with Gasteiger partial charge in [-0.25, -0.2) is 9.67 Å². The number of nitrogens with zero attached hydrogens (tertiary/aromatic N) is 4. The van der Waals surface area contributed by atoms with Gasteiger partial charge in [0.25, 0.3) is 5.91 Å². The fraction of sp³-hybridized carbons (Fsp3) is 0.471. The summed E-state index contributed by atoms with van der Waals surface area (Å²) < 4.78 is 45.6. The Labute approximate surface area is 153 Å². The van der Waals surface area contributed by atoms with Gasteiger partial charge in [-0.05, 0) is 13.0 Å². The van der Waals surface area contributed by atoms with Gasteiger partial charge in [-0.15, -0.1) is 0 Å². The van der Waals surface area contributed by atoms with E-state index in [9.17, 15) is 23.1 Å². The third kappa shape index (κ3) is 3.25. The second-order valence-corrected chi connectivity index (χ2v) is 6.68. The van der Waals surface area contributed by atoms with E-state index in [1.807, 2.05) is 0 Å². The van der Waals surface area contributed by atoms with E-state index in [4.69, 9.17) is 4.74 Å². The van der Waals surface area contributed by atoms with E-state index < -0.39 is 17.7 Å². The maximum absolute atomic E-state index is 13.0. The predicted octanol–water partition coefficient (Wildman–Crippen LogP) is 2.03. The molecule has 10 heteroatoms. The largest absolute Gasteiger partial charge is 0.481 e. The molecule has 7 nitrogen and oxygen atoms in total. The van der Waals surface area contributed by atoms with Gasteiger partial charge >= 0.3 is 6.18 Å². The number of alkyl halides is 3. The van der Waals surface area contributed by atoms with Gasteiger partial charge in [-0.3, -0.25) is 4.79 Å². The first-order chi connectivity index (χ1) is 12.6. The fourth-order valence-corrected chi connectivity index (χ4v) is 3.13. The number of aliphatic hydroxyl groups is 1. The minimum absolute atomic E-state index is 0.0351. The Bertz CT molecular complexity index is 846. The average molecular weight is 384 g/mol. The Hall–Kier alpha value is -2.62. The van der Waals surface area contributed by atoms with Crippen molar-refractivity contribution in [1.29, 1.82) is 0 Å². The number of carbonyl (C=O) groups excluding carboxylic acids is 1. The van der Waals surface area contributed by atoms with Crippen molar-refractivity contribution in [1.82, 2.24) is 19.7 Å². The Kier molecular flexibility index (Phi) is 4.62. The standard InChI is InChI=1S/C17H19F3N4O3/c1-10-8-23(15(25)16(2,26)17(18,19)20)9-11-6-22-24(14(10)11)12-4-5-13(27-3)21-7-12/h4-7,10,26H,8-9H2,1-3H3. The average Bonchev–Trinajstić information content (AvgIpc) is 3.04. The molecule has 1 aliphatic heterocycles. The lowest BCUT2D eigenvalue weighted by Crippen LogP contribution is -2.57. The van der Waals surface area contributed by atoms with E-state index in [-0.39, 0.29) is 19.0 Å². The molecular weight excluding hydrogens is 365 g/mol. The predicted molar refractivity (Wildman–Crippen MR) is 88.4 cm³/mol. The highest BCUT2D eigenvalue weighted by Crippen LogP contribution is 2.35. The summed E-state index contributed by atoms with van der Waals surface area (Å²) in [6.07, 6.45) is -1.96. The fourth-order valence-electron chi connectivity index (χ4n) is 3.13. The van der Waals surface area contributed by atoms with Crippen LogP contribution in [0.5, 0.6) is 5.88 Å². The van der Waals surface area contributed by atoms with Crippen LogP contribution in [0.25, 0.3) is 5.69 Å². The number of fused-ring (bicyclic) bond motifs is 1. The molecule has 2 aromatic rings. The Balaban J connectivity index is 1.89. The maximum atomic E-state index is 13.0. The summed E-state index contributed by atoms with van der Waals surface area (Å²) in [5.74, 6) is -1.21. The summed E-state index contributed by atoms with van der Waals surface area (Å²) in [7, 11) is 1.50. The van der Waals surface area contributed by atoms with Crippen molar-refractivity contribution in [3.8, 4) is 11.6 Å².